The van der Waals surface area contributed by atoms with Crippen molar-refractivity contribution in [2.75, 3.05) is 26.2 Å². The Labute approximate surface area is 141 Å². The maximum Gasteiger partial charge on any atom is 0.266 e. The van der Waals surface area contributed by atoms with Crippen molar-refractivity contribution < 1.29 is 9.63 Å². The Hall–Kier alpha value is -1.10. The van der Waals surface area contributed by atoms with Crippen molar-refractivity contribution in [1.82, 2.24) is 9.80 Å². The summed E-state index contributed by atoms with van der Waals surface area (Å²) in [5.41, 5.74) is 0.854. The van der Waals surface area contributed by atoms with E-state index in [1.807, 2.05) is 18.7 Å². The van der Waals surface area contributed by atoms with Crippen LogP contribution < -0.4 is 0 Å². The SMILES string of the molecule is CCCCC(ON=C(C)C)C(=O)N1CCC(N2CCCC2)CC1. The van der Waals surface area contributed by atoms with Gasteiger partial charge in [-0.3, -0.25) is 4.79 Å². The van der Waals surface area contributed by atoms with Gasteiger partial charge in [-0.05, 0) is 65.5 Å². The van der Waals surface area contributed by atoms with Gasteiger partial charge in [-0.15, -0.1) is 0 Å². The Balaban J connectivity index is 1.85. The van der Waals surface area contributed by atoms with Crippen LogP contribution in [0.5, 0.6) is 0 Å². The molecule has 23 heavy (non-hydrogen) atoms. The minimum absolute atomic E-state index is 0.128. The lowest BCUT2D eigenvalue weighted by Gasteiger charge is -2.37. The van der Waals surface area contributed by atoms with Gasteiger partial charge in [-0.1, -0.05) is 18.5 Å². The van der Waals surface area contributed by atoms with Crippen molar-refractivity contribution in [3.8, 4) is 0 Å². The molecule has 2 aliphatic rings. The second-order valence-corrected chi connectivity index (χ2v) is 7.07. The fourth-order valence-electron chi connectivity index (χ4n) is 3.54. The molecule has 0 aliphatic carbocycles. The summed E-state index contributed by atoms with van der Waals surface area (Å²) in [6.45, 7) is 10.1. The first-order valence-electron chi connectivity index (χ1n) is 9.31. The molecule has 1 unspecified atom stereocenters. The topological polar surface area (TPSA) is 45.1 Å². The van der Waals surface area contributed by atoms with E-state index in [0.717, 1.165) is 50.9 Å². The highest BCUT2D eigenvalue weighted by Crippen LogP contribution is 2.22. The van der Waals surface area contributed by atoms with Crippen LogP contribution in [0.15, 0.2) is 5.16 Å². The largest absolute Gasteiger partial charge is 0.382 e. The van der Waals surface area contributed by atoms with E-state index in [9.17, 15) is 4.79 Å². The molecule has 0 radical (unpaired) electrons. The van der Waals surface area contributed by atoms with E-state index in [-0.39, 0.29) is 5.91 Å². The summed E-state index contributed by atoms with van der Waals surface area (Å²) in [4.78, 5) is 22.9. The summed E-state index contributed by atoms with van der Waals surface area (Å²) in [6, 6.07) is 0.674. The minimum Gasteiger partial charge on any atom is -0.382 e. The van der Waals surface area contributed by atoms with Crippen molar-refractivity contribution in [1.29, 1.82) is 0 Å². The number of oxime groups is 1. The molecule has 2 aliphatic heterocycles. The molecule has 1 amide bonds. The highest BCUT2D eigenvalue weighted by molar-refractivity contribution is 5.81. The van der Waals surface area contributed by atoms with Crippen LogP contribution in [0.1, 0.15) is 65.7 Å². The van der Waals surface area contributed by atoms with Gasteiger partial charge >= 0.3 is 0 Å². The van der Waals surface area contributed by atoms with Gasteiger partial charge in [-0.25, -0.2) is 0 Å². The Morgan fingerprint density at radius 3 is 2.39 bits per heavy atom. The number of amides is 1. The van der Waals surface area contributed by atoms with E-state index in [0.29, 0.717) is 6.04 Å². The van der Waals surface area contributed by atoms with Crippen LogP contribution >= 0.6 is 0 Å². The molecule has 0 saturated carbocycles. The van der Waals surface area contributed by atoms with E-state index >= 15 is 0 Å². The zero-order valence-corrected chi connectivity index (χ0v) is 15.1. The van der Waals surface area contributed by atoms with E-state index in [2.05, 4.69) is 17.0 Å². The Morgan fingerprint density at radius 1 is 1.17 bits per heavy atom. The molecule has 132 valence electrons. The zero-order chi connectivity index (χ0) is 16.7. The lowest BCUT2D eigenvalue weighted by atomic mass is 10.0. The summed E-state index contributed by atoms with van der Waals surface area (Å²) in [5.74, 6) is 0.128. The molecule has 2 rings (SSSR count). The number of carbonyl (C=O) groups is 1. The molecule has 5 heteroatoms. The summed E-state index contributed by atoms with van der Waals surface area (Å²) in [7, 11) is 0. The Kier molecular flexibility index (Phi) is 7.34. The smallest absolute Gasteiger partial charge is 0.266 e. The van der Waals surface area contributed by atoms with Crippen LogP contribution in [-0.2, 0) is 9.63 Å². The van der Waals surface area contributed by atoms with Crippen LogP contribution in [0, 0.1) is 0 Å². The average Bonchev–Trinajstić information content (AvgIpc) is 3.09. The standard InChI is InChI=1S/C18H33N3O2/c1-4-5-8-17(23-19-15(2)3)18(22)21-13-9-16(10-14-21)20-11-6-7-12-20/h16-17H,4-14H2,1-3H3. The maximum absolute atomic E-state index is 12.8. The number of likely N-dealkylation sites (tertiary alicyclic amines) is 2. The molecule has 0 bridgehead atoms. The lowest BCUT2D eigenvalue weighted by molar-refractivity contribution is -0.145. The monoisotopic (exact) mass is 323 g/mol. The van der Waals surface area contributed by atoms with Crippen LogP contribution in [0.4, 0.5) is 0 Å². The first-order valence-corrected chi connectivity index (χ1v) is 9.31. The first-order chi connectivity index (χ1) is 11.1. The van der Waals surface area contributed by atoms with Gasteiger partial charge in [-0.2, -0.15) is 0 Å². The van der Waals surface area contributed by atoms with Crippen molar-refractivity contribution in [2.24, 2.45) is 5.16 Å². The van der Waals surface area contributed by atoms with Gasteiger partial charge in [0.2, 0.25) is 6.10 Å². The molecular weight excluding hydrogens is 290 g/mol. The van der Waals surface area contributed by atoms with Gasteiger partial charge in [0, 0.05) is 19.1 Å². The third-order valence-electron chi connectivity index (χ3n) is 4.89. The fraction of sp³-hybridized carbons (Fsp3) is 0.889. The second kappa shape index (κ2) is 9.26. The second-order valence-electron chi connectivity index (χ2n) is 7.07. The molecule has 0 aromatic heterocycles. The van der Waals surface area contributed by atoms with Crippen molar-refractivity contribution in [2.45, 2.75) is 77.9 Å². The molecule has 2 fully saturated rings. The third-order valence-corrected chi connectivity index (χ3v) is 4.89. The van der Waals surface area contributed by atoms with Crippen LogP contribution in [-0.4, -0.2) is 59.7 Å². The summed E-state index contributed by atoms with van der Waals surface area (Å²) in [6.07, 6.45) is 7.29. The summed E-state index contributed by atoms with van der Waals surface area (Å²) in [5, 5.41) is 4.03. The number of unbranched alkanes of at least 4 members (excludes halogenated alkanes) is 1. The van der Waals surface area contributed by atoms with Gasteiger partial charge in [0.05, 0.1) is 5.71 Å². The number of hydrogen-bond acceptors (Lipinski definition) is 4. The first kappa shape index (κ1) is 18.2. The van der Waals surface area contributed by atoms with Gasteiger partial charge in [0.25, 0.3) is 5.91 Å². The van der Waals surface area contributed by atoms with E-state index in [1.54, 1.807) is 0 Å². The molecule has 5 nitrogen and oxygen atoms in total. The summed E-state index contributed by atoms with van der Waals surface area (Å²) < 4.78 is 0. The van der Waals surface area contributed by atoms with Crippen LogP contribution in [0.2, 0.25) is 0 Å². The Morgan fingerprint density at radius 2 is 1.83 bits per heavy atom. The van der Waals surface area contributed by atoms with Crippen molar-refractivity contribution in [3.05, 3.63) is 0 Å². The van der Waals surface area contributed by atoms with Crippen LogP contribution in [0.3, 0.4) is 0 Å². The predicted octanol–water partition coefficient (Wildman–Crippen LogP) is 3.04. The molecule has 0 aromatic rings. The van der Waals surface area contributed by atoms with Crippen molar-refractivity contribution in [3.63, 3.8) is 0 Å². The lowest BCUT2D eigenvalue weighted by Crippen LogP contribution is -2.49. The number of piperidine rings is 1. The quantitative estimate of drug-likeness (QED) is 0.534. The van der Waals surface area contributed by atoms with Crippen LogP contribution in [0.25, 0.3) is 0 Å². The van der Waals surface area contributed by atoms with Gasteiger partial charge in [0.1, 0.15) is 0 Å². The van der Waals surface area contributed by atoms with Gasteiger partial charge < -0.3 is 14.6 Å². The molecule has 2 heterocycles. The van der Waals surface area contributed by atoms with E-state index in [1.165, 1.54) is 25.9 Å². The molecule has 0 N–H and O–H groups in total. The van der Waals surface area contributed by atoms with E-state index < -0.39 is 6.10 Å². The molecular formula is C18H33N3O2. The number of carbonyl (C=O) groups excluding carboxylic acids is 1. The normalized spacial score (nSPS) is 21.3. The third kappa shape index (κ3) is 5.48. The zero-order valence-electron chi connectivity index (χ0n) is 15.1. The Bertz CT molecular complexity index is 393. The summed E-state index contributed by atoms with van der Waals surface area (Å²) >= 11 is 0. The molecule has 0 spiro atoms. The number of rotatable bonds is 7. The number of hydrogen-bond donors (Lipinski definition) is 0. The molecule has 0 aromatic carbocycles. The number of nitrogens with zero attached hydrogens (tertiary/aromatic N) is 3. The van der Waals surface area contributed by atoms with Gasteiger partial charge in [0.15, 0.2) is 0 Å². The highest BCUT2D eigenvalue weighted by Gasteiger charge is 2.32. The fourth-order valence-corrected chi connectivity index (χ4v) is 3.54. The average molecular weight is 323 g/mol. The van der Waals surface area contributed by atoms with Crippen molar-refractivity contribution >= 4 is 11.6 Å². The molecule has 1 atom stereocenters. The predicted molar refractivity (Wildman–Crippen MR) is 93.6 cm³/mol. The van der Waals surface area contributed by atoms with E-state index in [4.69, 9.17) is 4.84 Å². The minimum atomic E-state index is -0.409. The maximum atomic E-state index is 12.8. The molecule has 2 saturated heterocycles. The highest BCUT2D eigenvalue weighted by atomic mass is 16.6.